The minimum absolute atomic E-state index is 0.280. The lowest BCUT2D eigenvalue weighted by Crippen LogP contribution is -2.08. The molecule has 4 nitrogen and oxygen atoms in total. The van der Waals surface area contributed by atoms with Crippen LogP contribution in [0, 0.1) is 6.92 Å². The average Bonchev–Trinajstić information content (AvgIpc) is 2.17. The van der Waals surface area contributed by atoms with Gasteiger partial charge < -0.3 is 4.74 Å². The highest BCUT2D eigenvalue weighted by Gasteiger charge is 2.03. The molecule has 5 heteroatoms. The smallest absolute Gasteiger partial charge is 0.294 e. The lowest BCUT2D eigenvalue weighted by Gasteiger charge is -2.06. The van der Waals surface area contributed by atoms with E-state index in [4.69, 9.17) is 16.3 Å². The zero-order valence-electron chi connectivity index (χ0n) is 7.99. The fourth-order valence-corrected chi connectivity index (χ4v) is 1.22. The highest BCUT2D eigenvalue weighted by Crippen LogP contribution is 2.21. The van der Waals surface area contributed by atoms with E-state index in [1.807, 2.05) is 0 Å². The van der Waals surface area contributed by atoms with Gasteiger partial charge in [0.05, 0.1) is 0 Å². The molecule has 1 amide bonds. The maximum atomic E-state index is 10.8. The molecule has 0 spiro atoms. The Hall–Kier alpha value is -1.64. The first kappa shape index (κ1) is 11.4. The predicted octanol–water partition coefficient (Wildman–Crippen LogP) is 1.89. The van der Waals surface area contributed by atoms with Gasteiger partial charge in [0.1, 0.15) is 5.75 Å². The van der Waals surface area contributed by atoms with Crippen molar-refractivity contribution in [2.45, 2.75) is 6.92 Å². The molecule has 0 aromatic heterocycles. The first-order chi connectivity index (χ1) is 7.13. The Morgan fingerprint density at radius 3 is 2.93 bits per heavy atom. The van der Waals surface area contributed by atoms with Crippen molar-refractivity contribution in [3.05, 3.63) is 28.8 Å². The molecule has 1 aromatic carbocycles. The Bertz CT molecular complexity index is 425. The summed E-state index contributed by atoms with van der Waals surface area (Å²) in [4.78, 5) is 23.5. The van der Waals surface area contributed by atoms with Gasteiger partial charge in [-0.1, -0.05) is 11.6 Å². The topological polar surface area (TPSA) is 55.7 Å². The lowest BCUT2D eigenvalue weighted by atomic mass is 10.2. The summed E-state index contributed by atoms with van der Waals surface area (Å²) in [5.74, 6) is -0.131. The van der Waals surface area contributed by atoms with Crippen LogP contribution in [0.15, 0.2) is 23.2 Å². The van der Waals surface area contributed by atoms with Crippen molar-refractivity contribution in [2.24, 2.45) is 4.99 Å². The highest BCUT2D eigenvalue weighted by molar-refractivity contribution is 6.30. The van der Waals surface area contributed by atoms with E-state index < -0.39 is 5.91 Å². The van der Waals surface area contributed by atoms with Crippen molar-refractivity contribution in [1.29, 1.82) is 0 Å². The summed E-state index contributed by atoms with van der Waals surface area (Å²) in [5.41, 5.74) is 0.811. The van der Waals surface area contributed by atoms with Crippen LogP contribution in [0.3, 0.4) is 0 Å². The SMILES string of the molecule is Cc1cc(Cl)ccc1OCC(=O)N=C=O. The molecule has 0 heterocycles. The Morgan fingerprint density at radius 2 is 2.33 bits per heavy atom. The van der Waals surface area contributed by atoms with Gasteiger partial charge in [0.2, 0.25) is 6.08 Å². The molecular formula is C10H8ClNO3. The minimum atomic E-state index is -0.667. The maximum Gasteiger partial charge on any atom is 0.294 e. The van der Waals surface area contributed by atoms with Gasteiger partial charge in [-0.2, -0.15) is 0 Å². The molecule has 0 aliphatic carbocycles. The van der Waals surface area contributed by atoms with Crippen molar-refractivity contribution in [2.75, 3.05) is 6.61 Å². The largest absolute Gasteiger partial charge is 0.483 e. The predicted molar refractivity (Wildman–Crippen MR) is 54.8 cm³/mol. The molecule has 0 aliphatic heterocycles. The monoisotopic (exact) mass is 225 g/mol. The van der Waals surface area contributed by atoms with Crippen molar-refractivity contribution in [3.8, 4) is 5.75 Å². The van der Waals surface area contributed by atoms with Gasteiger partial charge in [-0.05, 0) is 30.7 Å². The highest BCUT2D eigenvalue weighted by atomic mass is 35.5. The van der Waals surface area contributed by atoms with Crippen LogP contribution in [-0.4, -0.2) is 18.6 Å². The zero-order valence-corrected chi connectivity index (χ0v) is 8.75. The number of aliphatic imine (C=N–C) groups is 1. The van der Waals surface area contributed by atoms with Crippen LogP contribution in [0.5, 0.6) is 5.75 Å². The number of hydrogen-bond acceptors (Lipinski definition) is 3. The number of rotatable bonds is 3. The second-order valence-electron chi connectivity index (χ2n) is 2.80. The number of benzene rings is 1. The first-order valence-corrected chi connectivity index (χ1v) is 4.51. The van der Waals surface area contributed by atoms with E-state index in [1.54, 1.807) is 25.1 Å². The Balaban J connectivity index is 2.65. The number of halogens is 1. The van der Waals surface area contributed by atoms with Crippen molar-refractivity contribution in [3.63, 3.8) is 0 Å². The van der Waals surface area contributed by atoms with Crippen LogP contribution >= 0.6 is 11.6 Å². The molecule has 0 unspecified atom stereocenters. The molecule has 0 bridgehead atoms. The second kappa shape index (κ2) is 5.29. The third kappa shape index (κ3) is 3.54. The van der Waals surface area contributed by atoms with Crippen LogP contribution in [0.1, 0.15) is 5.56 Å². The molecule has 0 fully saturated rings. The van der Waals surface area contributed by atoms with Crippen LogP contribution in [0.4, 0.5) is 0 Å². The molecule has 0 saturated heterocycles. The number of ether oxygens (including phenoxy) is 1. The molecule has 0 atom stereocenters. The number of isocyanates is 1. The third-order valence-electron chi connectivity index (χ3n) is 1.66. The summed E-state index contributed by atoms with van der Waals surface area (Å²) in [6.07, 6.45) is 1.15. The molecule has 1 rings (SSSR count). The second-order valence-corrected chi connectivity index (χ2v) is 3.23. The van der Waals surface area contributed by atoms with E-state index in [0.29, 0.717) is 10.8 Å². The summed E-state index contributed by atoms with van der Waals surface area (Å²) in [6, 6.07) is 5.01. The number of hydrogen-bond donors (Lipinski definition) is 0. The van der Waals surface area contributed by atoms with Gasteiger partial charge in [-0.15, -0.1) is 4.99 Å². The third-order valence-corrected chi connectivity index (χ3v) is 1.89. The van der Waals surface area contributed by atoms with E-state index in [-0.39, 0.29) is 6.61 Å². The van der Waals surface area contributed by atoms with Gasteiger partial charge in [0.15, 0.2) is 6.61 Å². The fraction of sp³-hybridized carbons (Fsp3) is 0.200. The maximum absolute atomic E-state index is 10.8. The fourth-order valence-electron chi connectivity index (χ4n) is 0.997. The number of carbonyl (C=O) groups is 1. The van der Waals surface area contributed by atoms with Gasteiger partial charge in [-0.25, -0.2) is 4.79 Å². The molecule has 1 aromatic rings. The molecule has 0 radical (unpaired) electrons. The van der Waals surface area contributed by atoms with E-state index in [0.717, 1.165) is 11.6 Å². The van der Waals surface area contributed by atoms with Crippen LogP contribution < -0.4 is 4.74 Å². The summed E-state index contributed by atoms with van der Waals surface area (Å²) < 4.78 is 5.13. The zero-order chi connectivity index (χ0) is 11.3. The van der Waals surface area contributed by atoms with Crippen LogP contribution in [0.2, 0.25) is 5.02 Å². The summed E-state index contributed by atoms with van der Waals surface area (Å²) in [7, 11) is 0. The van der Waals surface area contributed by atoms with Gasteiger partial charge in [0, 0.05) is 5.02 Å². The Kier molecular flexibility index (Phi) is 4.03. The molecular weight excluding hydrogens is 218 g/mol. The van der Waals surface area contributed by atoms with E-state index in [9.17, 15) is 9.59 Å². The van der Waals surface area contributed by atoms with Crippen molar-refractivity contribution in [1.82, 2.24) is 0 Å². The quantitative estimate of drug-likeness (QED) is 0.583. The summed E-state index contributed by atoms with van der Waals surface area (Å²) in [6.45, 7) is 1.52. The first-order valence-electron chi connectivity index (χ1n) is 4.13. The van der Waals surface area contributed by atoms with Crippen LogP contribution in [-0.2, 0) is 9.59 Å². The van der Waals surface area contributed by atoms with E-state index in [2.05, 4.69) is 4.99 Å². The Labute approximate surface area is 91.5 Å². The molecule has 0 saturated carbocycles. The normalized spacial score (nSPS) is 9.20. The number of carbonyl (C=O) groups excluding carboxylic acids is 2. The Morgan fingerprint density at radius 1 is 1.60 bits per heavy atom. The van der Waals surface area contributed by atoms with Crippen molar-refractivity contribution < 1.29 is 14.3 Å². The van der Waals surface area contributed by atoms with Gasteiger partial charge >= 0.3 is 0 Å². The summed E-state index contributed by atoms with van der Waals surface area (Å²) >= 11 is 5.74. The molecule has 78 valence electrons. The average molecular weight is 226 g/mol. The number of aryl methyl sites for hydroxylation is 1. The lowest BCUT2D eigenvalue weighted by molar-refractivity contribution is -0.119. The standard InChI is InChI=1S/C10H8ClNO3/c1-7-4-8(11)2-3-9(7)15-5-10(14)12-6-13/h2-4H,5H2,1H3. The van der Waals surface area contributed by atoms with Gasteiger partial charge in [-0.3, -0.25) is 4.79 Å². The number of amides is 1. The minimum Gasteiger partial charge on any atom is -0.483 e. The molecule has 0 N–H and O–H groups in total. The van der Waals surface area contributed by atoms with Crippen LogP contribution in [0.25, 0.3) is 0 Å². The molecule has 15 heavy (non-hydrogen) atoms. The van der Waals surface area contributed by atoms with Gasteiger partial charge in [0.25, 0.3) is 5.91 Å². The van der Waals surface area contributed by atoms with Crippen molar-refractivity contribution >= 4 is 23.6 Å². The van der Waals surface area contributed by atoms with E-state index >= 15 is 0 Å². The van der Waals surface area contributed by atoms with E-state index in [1.165, 1.54) is 0 Å². The summed E-state index contributed by atoms with van der Waals surface area (Å²) in [5, 5.41) is 0.595. The number of nitrogens with zero attached hydrogens (tertiary/aromatic N) is 1. The molecule has 0 aliphatic rings.